The average molecular weight is 203 g/mol. The Morgan fingerprint density at radius 2 is 2.33 bits per heavy atom. The number of aromatic amines is 1. The van der Waals surface area contributed by atoms with Crippen LogP contribution in [-0.2, 0) is 6.54 Å². The van der Waals surface area contributed by atoms with E-state index in [-0.39, 0.29) is 5.56 Å². The maximum atomic E-state index is 11.2. The van der Waals surface area contributed by atoms with Crippen molar-refractivity contribution in [3.05, 3.63) is 40.4 Å². The lowest BCUT2D eigenvalue weighted by atomic mass is 10.1. The van der Waals surface area contributed by atoms with Crippen LogP contribution < -0.4 is 5.56 Å². The summed E-state index contributed by atoms with van der Waals surface area (Å²) in [6.45, 7) is 4.66. The molecule has 2 aromatic rings. The Bertz CT molecular complexity index is 525. The minimum Gasteiger partial charge on any atom is -0.328 e. The van der Waals surface area contributed by atoms with Crippen molar-refractivity contribution in [1.82, 2.24) is 14.8 Å². The summed E-state index contributed by atoms with van der Waals surface area (Å²) >= 11 is 0. The van der Waals surface area contributed by atoms with Gasteiger partial charge in [0.15, 0.2) is 0 Å². The van der Waals surface area contributed by atoms with Gasteiger partial charge in [-0.25, -0.2) is 0 Å². The van der Waals surface area contributed by atoms with Crippen LogP contribution in [0.1, 0.15) is 12.5 Å². The van der Waals surface area contributed by atoms with Crippen molar-refractivity contribution in [3.63, 3.8) is 0 Å². The van der Waals surface area contributed by atoms with Gasteiger partial charge in [-0.1, -0.05) is 0 Å². The van der Waals surface area contributed by atoms with Gasteiger partial charge >= 0.3 is 0 Å². The van der Waals surface area contributed by atoms with E-state index in [0.29, 0.717) is 0 Å². The summed E-state index contributed by atoms with van der Waals surface area (Å²) in [6, 6.07) is 3.82. The van der Waals surface area contributed by atoms with Crippen molar-refractivity contribution in [3.8, 4) is 11.3 Å². The second-order valence-corrected chi connectivity index (χ2v) is 3.43. The highest BCUT2D eigenvalue weighted by molar-refractivity contribution is 5.58. The Morgan fingerprint density at radius 3 is 3.00 bits per heavy atom. The van der Waals surface area contributed by atoms with Crippen LogP contribution in [0, 0.1) is 6.92 Å². The van der Waals surface area contributed by atoms with Gasteiger partial charge in [0.25, 0.3) is 5.56 Å². The summed E-state index contributed by atoms with van der Waals surface area (Å²) < 4.78 is 1.90. The number of H-pyrrole nitrogens is 1. The second kappa shape index (κ2) is 3.73. The molecule has 4 heteroatoms. The molecule has 0 saturated heterocycles. The summed E-state index contributed by atoms with van der Waals surface area (Å²) in [7, 11) is 0. The highest BCUT2D eigenvalue weighted by Gasteiger charge is 2.05. The Kier molecular flexibility index (Phi) is 2.41. The van der Waals surface area contributed by atoms with Gasteiger partial charge in [-0.05, 0) is 26.0 Å². The molecular weight excluding hydrogens is 190 g/mol. The third-order valence-electron chi connectivity index (χ3n) is 2.40. The van der Waals surface area contributed by atoms with Crippen molar-refractivity contribution in [2.24, 2.45) is 0 Å². The predicted molar refractivity (Wildman–Crippen MR) is 58.7 cm³/mol. The largest absolute Gasteiger partial charge is 0.328 e. The third-order valence-corrected chi connectivity index (χ3v) is 2.40. The quantitative estimate of drug-likeness (QED) is 0.805. The van der Waals surface area contributed by atoms with Crippen LogP contribution in [-0.4, -0.2) is 14.8 Å². The Hall–Kier alpha value is -1.84. The van der Waals surface area contributed by atoms with E-state index in [2.05, 4.69) is 10.1 Å². The molecule has 0 fully saturated rings. The molecule has 0 amide bonds. The van der Waals surface area contributed by atoms with Crippen LogP contribution in [0.3, 0.4) is 0 Å². The number of nitrogens with one attached hydrogen (secondary N) is 1. The van der Waals surface area contributed by atoms with Gasteiger partial charge in [-0.15, -0.1) is 0 Å². The van der Waals surface area contributed by atoms with Crippen LogP contribution in [0.15, 0.2) is 29.3 Å². The number of hydrogen-bond donors (Lipinski definition) is 1. The first-order valence-corrected chi connectivity index (χ1v) is 4.94. The lowest BCUT2D eigenvalue weighted by molar-refractivity contribution is 0.667. The van der Waals surface area contributed by atoms with Crippen LogP contribution in [0.5, 0.6) is 0 Å². The first-order chi connectivity index (χ1) is 7.22. The van der Waals surface area contributed by atoms with Gasteiger partial charge in [0.2, 0.25) is 0 Å². The highest BCUT2D eigenvalue weighted by atomic mass is 16.1. The molecule has 4 nitrogen and oxygen atoms in total. The molecule has 0 unspecified atom stereocenters. The molecule has 0 aromatic carbocycles. The lowest BCUT2D eigenvalue weighted by Crippen LogP contribution is -2.09. The zero-order chi connectivity index (χ0) is 10.8. The molecule has 0 aliphatic carbocycles. The van der Waals surface area contributed by atoms with Crippen LogP contribution in [0.4, 0.5) is 0 Å². The summed E-state index contributed by atoms with van der Waals surface area (Å²) in [5.74, 6) is 0. The van der Waals surface area contributed by atoms with Gasteiger partial charge in [0, 0.05) is 30.1 Å². The van der Waals surface area contributed by atoms with Gasteiger partial charge in [-0.2, -0.15) is 5.10 Å². The topological polar surface area (TPSA) is 50.7 Å². The molecule has 2 aromatic heterocycles. The molecule has 15 heavy (non-hydrogen) atoms. The monoisotopic (exact) mass is 203 g/mol. The van der Waals surface area contributed by atoms with Gasteiger partial charge in [-0.3, -0.25) is 9.48 Å². The minimum atomic E-state index is -0.0405. The standard InChI is InChI=1S/C11H13N3O/c1-3-14-10(4-5-13-14)9-6-8(2)11(15)12-7-9/h4-7H,3H2,1-2H3,(H,12,15). The highest BCUT2D eigenvalue weighted by Crippen LogP contribution is 2.17. The fraction of sp³-hybridized carbons (Fsp3) is 0.273. The second-order valence-electron chi connectivity index (χ2n) is 3.43. The van der Waals surface area contributed by atoms with Crippen molar-refractivity contribution in [1.29, 1.82) is 0 Å². The number of rotatable bonds is 2. The number of hydrogen-bond acceptors (Lipinski definition) is 2. The number of aromatic nitrogens is 3. The molecule has 1 N–H and O–H groups in total. The fourth-order valence-corrected chi connectivity index (χ4v) is 1.58. The summed E-state index contributed by atoms with van der Waals surface area (Å²) in [4.78, 5) is 13.9. The Labute approximate surface area is 87.6 Å². The van der Waals surface area contributed by atoms with Crippen LogP contribution in [0.2, 0.25) is 0 Å². The molecule has 2 rings (SSSR count). The number of nitrogens with zero attached hydrogens (tertiary/aromatic N) is 2. The fourth-order valence-electron chi connectivity index (χ4n) is 1.58. The van der Waals surface area contributed by atoms with Gasteiger partial charge in [0.05, 0.1) is 5.69 Å². The van der Waals surface area contributed by atoms with Gasteiger partial charge < -0.3 is 4.98 Å². The SMILES string of the molecule is CCn1nccc1-c1c[nH]c(=O)c(C)c1. The third kappa shape index (κ3) is 1.70. The minimum absolute atomic E-state index is 0.0405. The Morgan fingerprint density at radius 1 is 1.53 bits per heavy atom. The van der Waals surface area contributed by atoms with E-state index in [1.165, 1.54) is 0 Å². The summed E-state index contributed by atoms with van der Waals surface area (Å²) in [5, 5.41) is 4.19. The lowest BCUT2D eigenvalue weighted by Gasteiger charge is -2.04. The molecule has 0 saturated carbocycles. The van der Waals surface area contributed by atoms with E-state index in [9.17, 15) is 4.79 Å². The van der Waals surface area contributed by atoms with E-state index in [0.717, 1.165) is 23.4 Å². The van der Waals surface area contributed by atoms with Crippen LogP contribution in [0.25, 0.3) is 11.3 Å². The predicted octanol–water partition coefficient (Wildman–Crippen LogP) is 1.57. The van der Waals surface area contributed by atoms with Crippen LogP contribution >= 0.6 is 0 Å². The van der Waals surface area contributed by atoms with Crippen molar-refractivity contribution in [2.75, 3.05) is 0 Å². The first-order valence-electron chi connectivity index (χ1n) is 4.94. The number of pyridine rings is 1. The molecule has 0 aliphatic rings. The van der Waals surface area contributed by atoms with E-state index >= 15 is 0 Å². The molecule has 0 radical (unpaired) electrons. The zero-order valence-corrected chi connectivity index (χ0v) is 8.82. The molecular formula is C11H13N3O. The zero-order valence-electron chi connectivity index (χ0n) is 8.82. The van der Waals surface area contributed by atoms with Crippen molar-refractivity contribution >= 4 is 0 Å². The molecule has 0 aliphatic heterocycles. The van der Waals surface area contributed by atoms with Crippen molar-refractivity contribution < 1.29 is 0 Å². The summed E-state index contributed by atoms with van der Waals surface area (Å²) in [6.07, 6.45) is 3.48. The maximum absolute atomic E-state index is 11.2. The van der Waals surface area contributed by atoms with Gasteiger partial charge in [0.1, 0.15) is 0 Å². The van der Waals surface area contributed by atoms with Crippen molar-refractivity contribution in [2.45, 2.75) is 20.4 Å². The first kappa shape index (κ1) is 9.71. The van der Waals surface area contributed by atoms with E-state index in [1.807, 2.05) is 23.7 Å². The van der Waals surface area contributed by atoms with E-state index in [4.69, 9.17) is 0 Å². The number of aryl methyl sites for hydroxylation is 2. The van der Waals surface area contributed by atoms with E-state index in [1.54, 1.807) is 19.3 Å². The normalized spacial score (nSPS) is 10.5. The Balaban J connectivity index is 2.54. The average Bonchev–Trinajstić information content (AvgIpc) is 2.70. The molecule has 0 bridgehead atoms. The maximum Gasteiger partial charge on any atom is 0.250 e. The molecule has 0 spiro atoms. The smallest absolute Gasteiger partial charge is 0.250 e. The molecule has 78 valence electrons. The molecule has 2 heterocycles. The van der Waals surface area contributed by atoms with E-state index < -0.39 is 0 Å². The summed E-state index contributed by atoms with van der Waals surface area (Å²) in [5.41, 5.74) is 2.70. The molecule has 0 atom stereocenters.